The second kappa shape index (κ2) is 6.06. The number of hydrogen-bond donors (Lipinski definition) is 1. The van der Waals surface area contributed by atoms with Crippen molar-refractivity contribution in [3.8, 4) is 5.75 Å². The number of carbonyl (C=O) groups excluding carboxylic acids is 1. The number of fused-ring (bicyclic) bond motifs is 1. The first-order valence-electron chi connectivity index (χ1n) is 8.28. The Morgan fingerprint density at radius 3 is 2.43 bits per heavy atom. The van der Waals surface area contributed by atoms with Gasteiger partial charge >= 0.3 is 6.09 Å². The molecule has 1 atom stereocenters. The highest BCUT2D eigenvalue weighted by atomic mass is 16.6. The zero-order chi connectivity index (χ0) is 17.4. The summed E-state index contributed by atoms with van der Waals surface area (Å²) in [4.78, 5) is 14.5. The number of amides is 1. The van der Waals surface area contributed by atoms with Crippen molar-refractivity contribution in [1.29, 1.82) is 0 Å². The van der Waals surface area contributed by atoms with E-state index in [1.165, 1.54) is 0 Å². The van der Waals surface area contributed by atoms with Gasteiger partial charge in [-0.25, -0.2) is 4.79 Å². The molecule has 1 unspecified atom stereocenters. The van der Waals surface area contributed by atoms with Gasteiger partial charge in [-0.05, 0) is 56.2 Å². The van der Waals surface area contributed by atoms with E-state index in [1.807, 2.05) is 37.8 Å². The van der Waals surface area contributed by atoms with Crippen molar-refractivity contribution in [2.75, 3.05) is 6.54 Å². The minimum absolute atomic E-state index is 0.0281. The topological polar surface area (TPSA) is 49.8 Å². The molecule has 23 heavy (non-hydrogen) atoms. The predicted molar refractivity (Wildman–Crippen MR) is 91.7 cm³/mol. The monoisotopic (exact) mass is 319 g/mol. The van der Waals surface area contributed by atoms with Gasteiger partial charge in [-0.15, -0.1) is 0 Å². The SMILES string of the molecule is CC(C)(C)OC(=O)N1CCc2c(O)cccc2CC1C(C)(C)C. The lowest BCUT2D eigenvalue weighted by atomic mass is 9.82. The van der Waals surface area contributed by atoms with Crippen LogP contribution in [-0.2, 0) is 17.6 Å². The molecule has 0 spiro atoms. The number of phenolic OH excluding ortho intramolecular Hbond substituents is 1. The van der Waals surface area contributed by atoms with Crippen molar-refractivity contribution in [1.82, 2.24) is 4.90 Å². The molecular weight excluding hydrogens is 290 g/mol. The van der Waals surface area contributed by atoms with E-state index < -0.39 is 5.60 Å². The van der Waals surface area contributed by atoms with Crippen molar-refractivity contribution in [2.45, 2.75) is 66.0 Å². The van der Waals surface area contributed by atoms with Crippen LogP contribution in [-0.4, -0.2) is 34.3 Å². The molecule has 1 aromatic carbocycles. The van der Waals surface area contributed by atoms with Crippen LogP contribution >= 0.6 is 0 Å². The summed E-state index contributed by atoms with van der Waals surface area (Å²) in [5.41, 5.74) is 1.48. The molecule has 0 radical (unpaired) electrons. The maximum Gasteiger partial charge on any atom is 0.410 e. The largest absolute Gasteiger partial charge is 0.508 e. The van der Waals surface area contributed by atoms with Crippen molar-refractivity contribution in [3.05, 3.63) is 29.3 Å². The molecule has 1 heterocycles. The van der Waals surface area contributed by atoms with Gasteiger partial charge in [0.2, 0.25) is 0 Å². The molecule has 4 heteroatoms. The van der Waals surface area contributed by atoms with Crippen molar-refractivity contribution < 1.29 is 14.6 Å². The molecule has 0 bridgehead atoms. The number of rotatable bonds is 0. The van der Waals surface area contributed by atoms with Crippen LogP contribution in [0.4, 0.5) is 4.79 Å². The smallest absolute Gasteiger partial charge is 0.410 e. The van der Waals surface area contributed by atoms with Crippen LogP contribution in [0.2, 0.25) is 0 Å². The van der Waals surface area contributed by atoms with E-state index >= 15 is 0 Å². The van der Waals surface area contributed by atoms with E-state index in [4.69, 9.17) is 4.74 Å². The van der Waals surface area contributed by atoms with Crippen LogP contribution in [0.25, 0.3) is 0 Å². The Kier molecular flexibility index (Phi) is 4.65. The lowest BCUT2D eigenvalue weighted by Gasteiger charge is -2.39. The molecule has 0 fully saturated rings. The van der Waals surface area contributed by atoms with E-state index in [0.717, 1.165) is 17.5 Å². The summed E-state index contributed by atoms with van der Waals surface area (Å²) >= 11 is 0. The van der Waals surface area contributed by atoms with E-state index in [0.29, 0.717) is 18.7 Å². The maximum atomic E-state index is 12.7. The number of ether oxygens (including phenoxy) is 1. The van der Waals surface area contributed by atoms with E-state index in [9.17, 15) is 9.90 Å². The lowest BCUT2D eigenvalue weighted by Crippen LogP contribution is -2.50. The third-order valence-corrected chi connectivity index (χ3v) is 4.27. The normalized spacial score (nSPS) is 19.0. The Bertz CT molecular complexity index is 581. The standard InChI is InChI=1S/C19H29NO3/c1-18(2,3)16-12-13-8-7-9-15(21)14(13)10-11-20(16)17(22)23-19(4,5)6/h7-9,16,21H,10-12H2,1-6H3. The Balaban J connectivity index is 2.36. The molecule has 0 saturated carbocycles. The highest BCUT2D eigenvalue weighted by molar-refractivity contribution is 5.69. The van der Waals surface area contributed by atoms with Gasteiger partial charge in [0, 0.05) is 12.6 Å². The molecule has 128 valence electrons. The summed E-state index contributed by atoms with van der Waals surface area (Å²) in [6, 6.07) is 5.66. The van der Waals surface area contributed by atoms with Crippen molar-refractivity contribution >= 4 is 6.09 Å². The average Bonchev–Trinajstić information content (AvgIpc) is 2.56. The number of nitrogens with zero attached hydrogens (tertiary/aromatic N) is 1. The molecular formula is C19H29NO3. The minimum Gasteiger partial charge on any atom is -0.508 e. The molecule has 0 aliphatic carbocycles. The Hall–Kier alpha value is -1.71. The third kappa shape index (κ3) is 4.18. The first-order chi connectivity index (χ1) is 10.5. The molecule has 1 aromatic rings. The molecule has 1 N–H and O–H groups in total. The average molecular weight is 319 g/mol. The van der Waals surface area contributed by atoms with Gasteiger partial charge in [0.05, 0.1) is 0 Å². The summed E-state index contributed by atoms with van der Waals surface area (Å²) < 4.78 is 5.61. The number of aromatic hydroxyl groups is 1. The fraction of sp³-hybridized carbons (Fsp3) is 0.632. The maximum absolute atomic E-state index is 12.7. The van der Waals surface area contributed by atoms with Gasteiger partial charge in [0.25, 0.3) is 0 Å². The zero-order valence-corrected chi connectivity index (χ0v) is 15.1. The first kappa shape index (κ1) is 17.6. The number of phenols is 1. The van der Waals surface area contributed by atoms with Gasteiger partial charge in [0.1, 0.15) is 11.4 Å². The van der Waals surface area contributed by atoms with Gasteiger partial charge < -0.3 is 14.7 Å². The second-order valence-corrected chi connectivity index (χ2v) is 8.42. The highest BCUT2D eigenvalue weighted by Crippen LogP contribution is 2.34. The quantitative estimate of drug-likeness (QED) is 0.782. The molecule has 1 aliphatic heterocycles. The van der Waals surface area contributed by atoms with E-state index in [-0.39, 0.29) is 17.6 Å². The van der Waals surface area contributed by atoms with Crippen LogP contribution in [0.5, 0.6) is 5.75 Å². The number of carbonyl (C=O) groups is 1. The van der Waals surface area contributed by atoms with Crippen LogP contribution in [0.1, 0.15) is 52.7 Å². The molecule has 0 aromatic heterocycles. The number of benzene rings is 1. The minimum atomic E-state index is -0.513. The number of hydrogen-bond acceptors (Lipinski definition) is 3. The van der Waals surface area contributed by atoms with Crippen LogP contribution in [0.15, 0.2) is 18.2 Å². The second-order valence-electron chi connectivity index (χ2n) is 8.42. The molecule has 4 nitrogen and oxygen atoms in total. The summed E-state index contributed by atoms with van der Waals surface area (Å²) in [6.07, 6.45) is 1.10. The Morgan fingerprint density at radius 1 is 1.22 bits per heavy atom. The van der Waals surface area contributed by atoms with E-state index in [1.54, 1.807) is 6.07 Å². The van der Waals surface area contributed by atoms with E-state index in [2.05, 4.69) is 20.8 Å². The van der Waals surface area contributed by atoms with Gasteiger partial charge in [-0.2, -0.15) is 0 Å². The van der Waals surface area contributed by atoms with Gasteiger partial charge in [-0.1, -0.05) is 32.9 Å². The Labute approximate surface area is 139 Å². The Morgan fingerprint density at radius 2 is 1.87 bits per heavy atom. The fourth-order valence-electron chi connectivity index (χ4n) is 3.12. The zero-order valence-electron chi connectivity index (χ0n) is 15.1. The third-order valence-electron chi connectivity index (χ3n) is 4.27. The molecule has 1 amide bonds. The van der Waals surface area contributed by atoms with Crippen LogP contribution in [0.3, 0.4) is 0 Å². The molecule has 1 aliphatic rings. The van der Waals surface area contributed by atoms with Crippen LogP contribution < -0.4 is 0 Å². The summed E-state index contributed by atoms with van der Waals surface area (Å²) in [5, 5.41) is 10.1. The van der Waals surface area contributed by atoms with Gasteiger partial charge in [-0.3, -0.25) is 0 Å². The molecule has 0 saturated heterocycles. The fourth-order valence-corrected chi connectivity index (χ4v) is 3.12. The summed E-state index contributed by atoms with van der Waals surface area (Å²) in [5.74, 6) is 0.321. The van der Waals surface area contributed by atoms with Crippen LogP contribution in [0, 0.1) is 5.41 Å². The van der Waals surface area contributed by atoms with Crippen molar-refractivity contribution in [3.63, 3.8) is 0 Å². The van der Waals surface area contributed by atoms with Gasteiger partial charge in [0.15, 0.2) is 0 Å². The molecule has 2 rings (SSSR count). The summed E-state index contributed by atoms with van der Waals surface area (Å²) in [6.45, 7) is 12.6. The first-order valence-corrected chi connectivity index (χ1v) is 8.28. The predicted octanol–water partition coefficient (Wildman–Crippen LogP) is 4.14. The lowest BCUT2D eigenvalue weighted by molar-refractivity contribution is 0.00352. The van der Waals surface area contributed by atoms with Crippen molar-refractivity contribution in [2.24, 2.45) is 5.41 Å². The highest BCUT2D eigenvalue weighted by Gasteiger charge is 2.38. The summed E-state index contributed by atoms with van der Waals surface area (Å²) in [7, 11) is 0.